The van der Waals surface area contributed by atoms with E-state index in [0.717, 1.165) is 16.7 Å². The van der Waals surface area contributed by atoms with Gasteiger partial charge in [-0.05, 0) is 30.2 Å². The number of phenolic OH excluding ortho intramolecular Hbond substituents is 1. The molecule has 0 saturated heterocycles. The second kappa shape index (κ2) is 5.25. The number of aromatic amines is 1. The number of aromatic hydroxyl groups is 1. The van der Waals surface area contributed by atoms with Gasteiger partial charge in [0.15, 0.2) is 0 Å². The van der Waals surface area contributed by atoms with E-state index in [1.807, 2.05) is 36.4 Å². The summed E-state index contributed by atoms with van der Waals surface area (Å²) in [6, 6.07) is 16.3. The molecule has 4 nitrogen and oxygen atoms in total. The maximum Gasteiger partial charge on any atom is 0.251 e. The first kappa shape index (κ1) is 13.1. The maximum atomic E-state index is 11.5. The minimum absolute atomic E-state index is 0.153. The number of H-pyrrole nitrogens is 1. The van der Waals surface area contributed by atoms with Crippen LogP contribution in [0.4, 0.5) is 0 Å². The molecule has 2 N–H and O–H groups in total. The van der Waals surface area contributed by atoms with Crippen molar-refractivity contribution in [1.29, 1.82) is 0 Å². The summed E-state index contributed by atoms with van der Waals surface area (Å²) in [5.74, 6) is 0.814. The molecule has 0 fully saturated rings. The highest BCUT2D eigenvalue weighted by atomic mass is 16.3. The number of aryl methyl sites for hydroxylation is 1. The Morgan fingerprint density at radius 3 is 2.00 bits per heavy atom. The fourth-order valence-corrected chi connectivity index (χ4v) is 2.19. The molecular formula is C17H14N2O2. The zero-order valence-corrected chi connectivity index (χ0v) is 11.5. The van der Waals surface area contributed by atoms with Crippen LogP contribution in [-0.4, -0.2) is 15.1 Å². The van der Waals surface area contributed by atoms with Crippen LogP contribution in [0.25, 0.3) is 22.5 Å². The Kier molecular flexibility index (Phi) is 3.28. The first-order chi connectivity index (χ1) is 10.1. The van der Waals surface area contributed by atoms with E-state index >= 15 is 0 Å². The van der Waals surface area contributed by atoms with E-state index in [-0.39, 0.29) is 11.3 Å². The van der Waals surface area contributed by atoms with Crippen LogP contribution in [0.15, 0.2) is 59.4 Å². The van der Waals surface area contributed by atoms with Crippen LogP contribution in [0.1, 0.15) is 5.69 Å². The van der Waals surface area contributed by atoms with Gasteiger partial charge >= 0.3 is 0 Å². The average Bonchev–Trinajstić information content (AvgIpc) is 2.47. The van der Waals surface area contributed by atoms with Crippen molar-refractivity contribution in [3.05, 3.63) is 70.6 Å². The largest absolute Gasteiger partial charge is 0.508 e. The van der Waals surface area contributed by atoms with Crippen molar-refractivity contribution in [3.63, 3.8) is 0 Å². The van der Waals surface area contributed by atoms with Crippen molar-refractivity contribution in [2.45, 2.75) is 6.92 Å². The van der Waals surface area contributed by atoms with Gasteiger partial charge in [0.1, 0.15) is 11.6 Å². The van der Waals surface area contributed by atoms with Gasteiger partial charge in [0, 0.05) is 17.3 Å². The molecule has 0 bridgehead atoms. The minimum Gasteiger partial charge on any atom is -0.508 e. The SMILES string of the molecule is Cc1cc(=O)[nH]c(-c2ccc(-c3ccc(O)cc3)cc2)n1. The number of phenols is 1. The Bertz CT molecular complexity index is 819. The second-order valence-electron chi connectivity index (χ2n) is 4.86. The number of hydrogen-bond acceptors (Lipinski definition) is 3. The van der Waals surface area contributed by atoms with E-state index in [9.17, 15) is 9.90 Å². The second-order valence-corrected chi connectivity index (χ2v) is 4.86. The van der Waals surface area contributed by atoms with Gasteiger partial charge in [-0.3, -0.25) is 4.79 Å². The Balaban J connectivity index is 1.97. The molecule has 0 aliphatic rings. The van der Waals surface area contributed by atoms with Crippen LogP contribution in [-0.2, 0) is 0 Å². The van der Waals surface area contributed by atoms with Gasteiger partial charge in [0.25, 0.3) is 5.56 Å². The van der Waals surface area contributed by atoms with E-state index < -0.39 is 0 Å². The third-order valence-corrected chi connectivity index (χ3v) is 3.23. The highest BCUT2D eigenvalue weighted by molar-refractivity contribution is 5.68. The molecule has 0 amide bonds. The Morgan fingerprint density at radius 2 is 1.43 bits per heavy atom. The summed E-state index contributed by atoms with van der Waals surface area (Å²) in [5, 5.41) is 9.31. The summed E-state index contributed by atoms with van der Waals surface area (Å²) >= 11 is 0. The van der Waals surface area contributed by atoms with E-state index in [1.54, 1.807) is 19.1 Å². The van der Waals surface area contributed by atoms with Gasteiger partial charge in [-0.25, -0.2) is 4.98 Å². The van der Waals surface area contributed by atoms with Crippen molar-refractivity contribution in [2.24, 2.45) is 0 Å². The van der Waals surface area contributed by atoms with Crippen LogP contribution >= 0.6 is 0 Å². The van der Waals surface area contributed by atoms with Gasteiger partial charge in [0.2, 0.25) is 0 Å². The fourth-order valence-electron chi connectivity index (χ4n) is 2.19. The molecule has 0 radical (unpaired) electrons. The number of benzene rings is 2. The summed E-state index contributed by atoms with van der Waals surface area (Å²) in [6.45, 7) is 1.80. The predicted molar refractivity (Wildman–Crippen MR) is 82.1 cm³/mol. The van der Waals surface area contributed by atoms with Gasteiger partial charge in [-0.15, -0.1) is 0 Å². The van der Waals surface area contributed by atoms with Crippen LogP contribution in [0.2, 0.25) is 0 Å². The lowest BCUT2D eigenvalue weighted by Crippen LogP contribution is -2.08. The zero-order valence-electron chi connectivity index (χ0n) is 11.5. The van der Waals surface area contributed by atoms with Crippen LogP contribution < -0.4 is 5.56 Å². The normalized spacial score (nSPS) is 10.5. The van der Waals surface area contributed by atoms with Crippen molar-refractivity contribution in [2.75, 3.05) is 0 Å². The zero-order chi connectivity index (χ0) is 14.8. The molecule has 3 aromatic rings. The average molecular weight is 278 g/mol. The summed E-state index contributed by atoms with van der Waals surface area (Å²) in [7, 11) is 0. The number of nitrogens with one attached hydrogen (secondary N) is 1. The van der Waals surface area contributed by atoms with Crippen molar-refractivity contribution < 1.29 is 5.11 Å². The van der Waals surface area contributed by atoms with E-state index in [1.165, 1.54) is 6.07 Å². The molecule has 104 valence electrons. The molecule has 2 aromatic carbocycles. The van der Waals surface area contributed by atoms with E-state index in [2.05, 4.69) is 9.97 Å². The predicted octanol–water partition coefficient (Wildman–Crippen LogP) is 3.12. The maximum absolute atomic E-state index is 11.5. The highest BCUT2D eigenvalue weighted by Gasteiger charge is 2.03. The third-order valence-electron chi connectivity index (χ3n) is 3.23. The number of aromatic nitrogens is 2. The smallest absolute Gasteiger partial charge is 0.251 e. The van der Waals surface area contributed by atoms with Crippen molar-refractivity contribution >= 4 is 0 Å². The summed E-state index contributed by atoms with van der Waals surface area (Å²) in [4.78, 5) is 18.5. The van der Waals surface area contributed by atoms with Gasteiger partial charge in [-0.1, -0.05) is 36.4 Å². The summed E-state index contributed by atoms with van der Waals surface area (Å²) in [6.07, 6.45) is 0. The monoisotopic (exact) mass is 278 g/mol. The first-order valence-electron chi connectivity index (χ1n) is 6.60. The Morgan fingerprint density at radius 1 is 0.905 bits per heavy atom. The van der Waals surface area contributed by atoms with E-state index in [4.69, 9.17) is 0 Å². The number of hydrogen-bond donors (Lipinski definition) is 2. The van der Waals surface area contributed by atoms with Crippen molar-refractivity contribution in [3.8, 4) is 28.3 Å². The molecule has 0 atom stereocenters. The van der Waals surface area contributed by atoms with Gasteiger partial charge < -0.3 is 10.1 Å². The first-order valence-corrected chi connectivity index (χ1v) is 6.60. The molecule has 1 heterocycles. The highest BCUT2D eigenvalue weighted by Crippen LogP contribution is 2.24. The fraction of sp³-hybridized carbons (Fsp3) is 0.0588. The minimum atomic E-state index is -0.153. The third kappa shape index (κ3) is 2.84. The molecule has 0 spiro atoms. The van der Waals surface area contributed by atoms with E-state index in [0.29, 0.717) is 11.5 Å². The van der Waals surface area contributed by atoms with Crippen LogP contribution in [0.3, 0.4) is 0 Å². The lowest BCUT2D eigenvalue weighted by molar-refractivity contribution is 0.475. The molecule has 21 heavy (non-hydrogen) atoms. The molecular weight excluding hydrogens is 264 g/mol. The standard InChI is InChI=1S/C17H14N2O2/c1-11-10-16(21)19-17(18-11)14-4-2-12(3-5-14)13-6-8-15(20)9-7-13/h2-10,20H,1H3,(H,18,19,21). The number of nitrogens with zero attached hydrogens (tertiary/aromatic N) is 1. The quantitative estimate of drug-likeness (QED) is 0.757. The number of rotatable bonds is 2. The van der Waals surface area contributed by atoms with Gasteiger partial charge in [0.05, 0.1) is 0 Å². The molecule has 0 unspecified atom stereocenters. The Hall–Kier alpha value is -2.88. The van der Waals surface area contributed by atoms with Crippen LogP contribution in [0.5, 0.6) is 5.75 Å². The topological polar surface area (TPSA) is 66.0 Å². The van der Waals surface area contributed by atoms with Crippen LogP contribution in [0, 0.1) is 6.92 Å². The lowest BCUT2D eigenvalue weighted by Gasteiger charge is -2.05. The molecule has 0 aliphatic heterocycles. The summed E-state index contributed by atoms with van der Waals surface area (Å²) < 4.78 is 0. The van der Waals surface area contributed by atoms with Crippen molar-refractivity contribution in [1.82, 2.24) is 9.97 Å². The lowest BCUT2D eigenvalue weighted by atomic mass is 10.0. The van der Waals surface area contributed by atoms with Gasteiger partial charge in [-0.2, -0.15) is 0 Å². The Labute approximate surface area is 121 Å². The molecule has 0 saturated carbocycles. The molecule has 0 aliphatic carbocycles. The molecule has 3 rings (SSSR count). The summed E-state index contributed by atoms with van der Waals surface area (Å²) in [5.41, 5.74) is 3.45. The molecule has 4 heteroatoms. The molecule has 1 aromatic heterocycles.